The highest BCUT2D eigenvalue weighted by Crippen LogP contribution is 2.35. The van der Waals surface area contributed by atoms with Crippen LogP contribution < -0.4 is 20.1 Å². The summed E-state index contributed by atoms with van der Waals surface area (Å²) in [6, 6.07) is 9.78. The van der Waals surface area contributed by atoms with Gasteiger partial charge in [0.1, 0.15) is 12.2 Å². The number of ether oxygens (including phenoxy) is 3. The summed E-state index contributed by atoms with van der Waals surface area (Å²) in [5.74, 6) is -1.14. The van der Waals surface area contributed by atoms with Crippen LogP contribution >= 0.6 is 15.9 Å². The third-order valence-electron chi connectivity index (χ3n) is 4.75. The van der Waals surface area contributed by atoms with Gasteiger partial charge in [-0.25, -0.2) is 9.69 Å². The number of aryl methyl sites for hydroxylation is 1. The molecule has 0 atom stereocenters. The minimum absolute atomic E-state index is 0.0252. The van der Waals surface area contributed by atoms with Crippen LogP contribution in [0.25, 0.3) is 6.08 Å². The molecular formula is C23H22BrN3O7. The van der Waals surface area contributed by atoms with E-state index in [4.69, 9.17) is 9.47 Å². The summed E-state index contributed by atoms with van der Waals surface area (Å²) in [7, 11) is 2.59. The Morgan fingerprint density at radius 1 is 1.12 bits per heavy atom. The monoisotopic (exact) mass is 531 g/mol. The summed E-state index contributed by atoms with van der Waals surface area (Å²) in [5, 5.41) is 5.16. The topological polar surface area (TPSA) is 123 Å². The highest BCUT2D eigenvalue weighted by Gasteiger charge is 2.35. The van der Waals surface area contributed by atoms with E-state index >= 15 is 0 Å². The van der Waals surface area contributed by atoms with Gasteiger partial charge in [-0.05, 0) is 42.8 Å². The molecule has 11 heteroatoms. The lowest BCUT2D eigenvalue weighted by atomic mass is 10.1. The van der Waals surface area contributed by atoms with Crippen LogP contribution in [-0.2, 0) is 19.1 Å². The number of amides is 4. The summed E-state index contributed by atoms with van der Waals surface area (Å²) in [4.78, 5) is 49.0. The van der Waals surface area contributed by atoms with Crippen LogP contribution in [0.1, 0.15) is 11.1 Å². The number of anilines is 1. The predicted molar refractivity (Wildman–Crippen MR) is 126 cm³/mol. The number of benzene rings is 2. The smallest absolute Gasteiger partial charge is 0.329 e. The molecule has 0 bridgehead atoms. The Morgan fingerprint density at radius 2 is 1.82 bits per heavy atom. The molecule has 1 saturated heterocycles. The fraction of sp³-hybridized carbons (Fsp3) is 0.217. The van der Waals surface area contributed by atoms with E-state index in [2.05, 4.69) is 31.3 Å². The average Bonchev–Trinajstić information content (AvgIpc) is 3.07. The number of methoxy groups -OCH3 is 2. The molecule has 2 aromatic carbocycles. The van der Waals surface area contributed by atoms with Crippen LogP contribution in [0.4, 0.5) is 10.5 Å². The zero-order valence-corrected chi connectivity index (χ0v) is 20.2. The number of urea groups is 1. The highest BCUT2D eigenvalue weighted by atomic mass is 79.9. The molecule has 10 nitrogen and oxygen atoms in total. The van der Waals surface area contributed by atoms with E-state index in [1.54, 1.807) is 24.3 Å². The van der Waals surface area contributed by atoms with Crippen LogP contribution in [0.2, 0.25) is 0 Å². The summed E-state index contributed by atoms with van der Waals surface area (Å²) in [6.07, 6.45) is 1.43. The first-order chi connectivity index (χ1) is 16.2. The van der Waals surface area contributed by atoms with Crippen molar-refractivity contribution in [3.8, 4) is 11.5 Å². The number of halogens is 1. The Kier molecular flexibility index (Phi) is 7.90. The number of imide groups is 1. The van der Waals surface area contributed by atoms with Gasteiger partial charge in [0.05, 0.1) is 14.2 Å². The SMILES string of the molecule is COC(=O)CN1C(=O)N/C(=C/c2cc(OC)c(OCC(=O)Nc3ccc(C)cc3)cc2Br)C1=O. The Morgan fingerprint density at radius 3 is 2.47 bits per heavy atom. The molecule has 4 amide bonds. The molecule has 3 rings (SSSR count). The van der Waals surface area contributed by atoms with E-state index in [-0.39, 0.29) is 18.2 Å². The first-order valence-electron chi connectivity index (χ1n) is 10.00. The van der Waals surface area contributed by atoms with E-state index in [0.717, 1.165) is 17.6 Å². The lowest BCUT2D eigenvalue weighted by Gasteiger charge is -2.13. The zero-order valence-electron chi connectivity index (χ0n) is 18.6. The number of nitrogens with one attached hydrogen (secondary N) is 2. The van der Waals surface area contributed by atoms with Gasteiger partial charge < -0.3 is 24.8 Å². The summed E-state index contributed by atoms with van der Waals surface area (Å²) >= 11 is 3.39. The van der Waals surface area contributed by atoms with Gasteiger partial charge in [-0.15, -0.1) is 0 Å². The van der Waals surface area contributed by atoms with Gasteiger partial charge in [-0.1, -0.05) is 33.6 Å². The normalized spacial score (nSPS) is 14.1. The van der Waals surface area contributed by atoms with Crippen LogP contribution in [0.3, 0.4) is 0 Å². The molecule has 34 heavy (non-hydrogen) atoms. The van der Waals surface area contributed by atoms with E-state index in [9.17, 15) is 19.2 Å². The van der Waals surface area contributed by atoms with Crippen LogP contribution in [-0.4, -0.2) is 56.1 Å². The average molecular weight is 532 g/mol. The van der Waals surface area contributed by atoms with Crippen molar-refractivity contribution in [2.75, 3.05) is 32.7 Å². The van der Waals surface area contributed by atoms with Crippen molar-refractivity contribution in [1.82, 2.24) is 10.2 Å². The molecule has 1 aliphatic heterocycles. The van der Waals surface area contributed by atoms with Crippen molar-refractivity contribution in [2.24, 2.45) is 0 Å². The Balaban J connectivity index is 1.72. The van der Waals surface area contributed by atoms with Gasteiger partial charge in [0.2, 0.25) is 0 Å². The molecule has 1 fully saturated rings. The Hall–Kier alpha value is -3.86. The summed E-state index contributed by atoms with van der Waals surface area (Å²) in [6.45, 7) is 1.20. The third kappa shape index (κ3) is 5.93. The fourth-order valence-electron chi connectivity index (χ4n) is 2.98. The molecule has 2 aromatic rings. The second kappa shape index (κ2) is 10.8. The molecular weight excluding hydrogens is 510 g/mol. The molecule has 1 heterocycles. The summed E-state index contributed by atoms with van der Waals surface area (Å²) < 4.78 is 16.0. The van der Waals surface area contributed by atoms with Gasteiger partial charge in [-0.2, -0.15) is 0 Å². The van der Waals surface area contributed by atoms with Crippen molar-refractivity contribution < 1.29 is 33.4 Å². The number of hydrogen-bond donors (Lipinski definition) is 2. The second-order valence-electron chi connectivity index (χ2n) is 7.18. The minimum Gasteiger partial charge on any atom is -0.493 e. The van der Waals surface area contributed by atoms with Crippen LogP contribution in [0.5, 0.6) is 11.5 Å². The second-order valence-corrected chi connectivity index (χ2v) is 8.04. The molecule has 0 aliphatic carbocycles. The fourth-order valence-corrected chi connectivity index (χ4v) is 3.41. The number of hydrogen-bond acceptors (Lipinski definition) is 7. The zero-order chi connectivity index (χ0) is 24.8. The van der Waals surface area contributed by atoms with Crippen LogP contribution in [0.15, 0.2) is 46.6 Å². The third-order valence-corrected chi connectivity index (χ3v) is 5.44. The molecule has 0 radical (unpaired) electrons. The molecule has 2 N–H and O–H groups in total. The Bertz CT molecular complexity index is 1160. The molecule has 178 valence electrons. The maximum atomic E-state index is 12.5. The van der Waals surface area contributed by atoms with Crippen molar-refractivity contribution in [1.29, 1.82) is 0 Å². The maximum Gasteiger partial charge on any atom is 0.329 e. The van der Waals surface area contributed by atoms with Crippen molar-refractivity contribution in [3.63, 3.8) is 0 Å². The Labute approximate surface area is 204 Å². The van der Waals surface area contributed by atoms with Crippen molar-refractivity contribution in [3.05, 3.63) is 57.7 Å². The highest BCUT2D eigenvalue weighted by molar-refractivity contribution is 9.10. The number of carbonyl (C=O) groups excluding carboxylic acids is 4. The first kappa shape index (κ1) is 24.8. The molecule has 0 spiro atoms. The standard InChI is InChI=1S/C23H22BrN3O7/c1-13-4-6-15(7-5-13)25-20(28)12-34-19-10-16(24)14(9-18(19)32-2)8-17-22(30)27(23(31)26-17)11-21(29)33-3/h4-10H,11-12H2,1-3H3,(H,25,28)(H,26,31)/b17-8+. The van der Waals surface area contributed by atoms with E-state index in [0.29, 0.717) is 27.2 Å². The number of rotatable bonds is 8. The van der Waals surface area contributed by atoms with Gasteiger partial charge in [0.25, 0.3) is 11.8 Å². The maximum absolute atomic E-state index is 12.5. The molecule has 1 aliphatic rings. The van der Waals surface area contributed by atoms with Crippen LogP contribution in [0, 0.1) is 6.92 Å². The summed E-state index contributed by atoms with van der Waals surface area (Å²) in [5.41, 5.74) is 2.20. The van der Waals surface area contributed by atoms with Gasteiger partial charge in [-0.3, -0.25) is 14.4 Å². The van der Waals surface area contributed by atoms with Crippen molar-refractivity contribution >= 4 is 51.5 Å². The molecule has 0 unspecified atom stereocenters. The quantitative estimate of drug-likeness (QED) is 0.305. The minimum atomic E-state index is -0.732. The largest absolute Gasteiger partial charge is 0.493 e. The molecule has 0 saturated carbocycles. The lowest BCUT2D eigenvalue weighted by Crippen LogP contribution is -2.36. The van der Waals surface area contributed by atoms with Gasteiger partial charge in [0, 0.05) is 10.2 Å². The van der Waals surface area contributed by atoms with E-state index in [1.807, 2.05) is 19.1 Å². The number of nitrogens with zero attached hydrogens (tertiary/aromatic N) is 1. The first-order valence-corrected chi connectivity index (χ1v) is 10.8. The predicted octanol–water partition coefficient (Wildman–Crippen LogP) is 2.85. The molecule has 0 aromatic heterocycles. The van der Waals surface area contributed by atoms with Crippen molar-refractivity contribution in [2.45, 2.75) is 6.92 Å². The number of esters is 1. The van der Waals surface area contributed by atoms with Gasteiger partial charge in [0.15, 0.2) is 18.1 Å². The lowest BCUT2D eigenvalue weighted by molar-refractivity contribution is -0.143. The van der Waals surface area contributed by atoms with E-state index < -0.39 is 24.5 Å². The van der Waals surface area contributed by atoms with E-state index in [1.165, 1.54) is 13.2 Å². The van der Waals surface area contributed by atoms with Gasteiger partial charge >= 0.3 is 12.0 Å². The number of carbonyl (C=O) groups is 4.